The maximum atomic E-state index is 13.5. The first kappa shape index (κ1) is 15.3. The number of hydrogen-bond acceptors (Lipinski definition) is 2. The van der Waals surface area contributed by atoms with Crippen LogP contribution >= 0.6 is 39.1 Å². The molecule has 20 heavy (non-hydrogen) atoms. The maximum Gasteiger partial charge on any atom is 0.201 e. The van der Waals surface area contributed by atoms with Crippen molar-refractivity contribution in [3.63, 3.8) is 0 Å². The van der Waals surface area contributed by atoms with E-state index in [1.807, 2.05) is 0 Å². The van der Waals surface area contributed by atoms with E-state index in [2.05, 4.69) is 15.9 Å². The molecule has 0 fully saturated rings. The Kier molecular flexibility index (Phi) is 5.02. The molecule has 0 aliphatic rings. The lowest BCUT2D eigenvalue weighted by Crippen LogP contribution is -2.12. The van der Waals surface area contributed by atoms with Crippen LogP contribution in [-0.2, 0) is 0 Å². The molecule has 0 bridgehead atoms. The molecule has 0 aromatic heterocycles. The van der Waals surface area contributed by atoms with Gasteiger partial charge in [-0.15, -0.1) is 0 Å². The summed E-state index contributed by atoms with van der Waals surface area (Å²) in [6.45, 7) is -0.321. The van der Waals surface area contributed by atoms with Gasteiger partial charge in [-0.2, -0.15) is 0 Å². The van der Waals surface area contributed by atoms with Crippen molar-refractivity contribution in [2.75, 3.05) is 6.61 Å². The number of hydrogen-bond donors (Lipinski definition) is 0. The van der Waals surface area contributed by atoms with Gasteiger partial charge < -0.3 is 4.74 Å². The van der Waals surface area contributed by atoms with Crippen molar-refractivity contribution in [2.24, 2.45) is 0 Å². The third-order valence-corrected chi connectivity index (χ3v) is 3.54. The third kappa shape index (κ3) is 3.72. The van der Waals surface area contributed by atoms with Gasteiger partial charge in [0.15, 0.2) is 18.2 Å². The Bertz CT molecular complexity index is 662. The highest BCUT2D eigenvalue weighted by atomic mass is 79.9. The standard InChI is InChI=1S/C14H8BrCl2FO2/c15-8-1-4-14(12(18)5-8)20-7-13(19)10-6-9(16)2-3-11(10)17/h1-6H,7H2. The van der Waals surface area contributed by atoms with E-state index in [4.69, 9.17) is 27.9 Å². The summed E-state index contributed by atoms with van der Waals surface area (Å²) < 4.78 is 19.3. The monoisotopic (exact) mass is 376 g/mol. The lowest BCUT2D eigenvalue weighted by molar-refractivity contribution is 0.0919. The van der Waals surface area contributed by atoms with Gasteiger partial charge in [-0.3, -0.25) is 4.79 Å². The van der Waals surface area contributed by atoms with Gasteiger partial charge in [0, 0.05) is 15.1 Å². The topological polar surface area (TPSA) is 26.3 Å². The van der Waals surface area contributed by atoms with Crippen LogP contribution in [-0.4, -0.2) is 12.4 Å². The lowest BCUT2D eigenvalue weighted by Gasteiger charge is -2.08. The average Bonchev–Trinajstić information content (AvgIpc) is 2.40. The van der Waals surface area contributed by atoms with Crippen molar-refractivity contribution in [1.82, 2.24) is 0 Å². The Balaban J connectivity index is 2.10. The molecule has 0 spiro atoms. The summed E-state index contributed by atoms with van der Waals surface area (Å²) in [6, 6.07) is 8.87. The fraction of sp³-hybridized carbons (Fsp3) is 0.0714. The minimum atomic E-state index is -0.552. The van der Waals surface area contributed by atoms with Gasteiger partial charge in [0.25, 0.3) is 0 Å². The summed E-state index contributed by atoms with van der Waals surface area (Å²) >= 11 is 14.8. The number of ketones is 1. The van der Waals surface area contributed by atoms with E-state index in [9.17, 15) is 9.18 Å². The van der Waals surface area contributed by atoms with Crippen LogP contribution < -0.4 is 4.74 Å². The van der Waals surface area contributed by atoms with Gasteiger partial charge in [-0.05, 0) is 36.4 Å². The fourth-order valence-corrected chi connectivity index (χ4v) is 2.25. The van der Waals surface area contributed by atoms with Crippen LogP contribution in [0.25, 0.3) is 0 Å². The molecule has 0 saturated carbocycles. The Morgan fingerprint density at radius 1 is 1.20 bits per heavy atom. The zero-order valence-electron chi connectivity index (χ0n) is 10.00. The second kappa shape index (κ2) is 6.57. The normalized spacial score (nSPS) is 10.4. The molecule has 2 nitrogen and oxygen atoms in total. The van der Waals surface area contributed by atoms with E-state index in [0.717, 1.165) is 0 Å². The Hall–Kier alpha value is -1.10. The molecule has 0 unspecified atom stereocenters. The van der Waals surface area contributed by atoms with Gasteiger partial charge in [0.05, 0.1) is 5.02 Å². The number of rotatable bonds is 4. The summed E-state index contributed by atoms with van der Waals surface area (Å²) in [4.78, 5) is 12.0. The summed E-state index contributed by atoms with van der Waals surface area (Å²) in [6.07, 6.45) is 0. The van der Waals surface area contributed by atoms with Crippen LogP contribution in [0.2, 0.25) is 10.0 Å². The van der Waals surface area contributed by atoms with Crippen molar-refractivity contribution >= 4 is 44.9 Å². The van der Waals surface area contributed by atoms with Gasteiger partial charge in [-0.1, -0.05) is 39.1 Å². The number of halogens is 4. The molecular formula is C14H8BrCl2FO2. The molecule has 2 aromatic rings. The van der Waals surface area contributed by atoms with Gasteiger partial charge in [0.2, 0.25) is 5.78 Å². The van der Waals surface area contributed by atoms with Crippen LogP contribution in [0.1, 0.15) is 10.4 Å². The summed E-state index contributed by atoms with van der Waals surface area (Å²) in [5.41, 5.74) is 0.247. The van der Waals surface area contributed by atoms with Crippen LogP contribution in [0, 0.1) is 5.82 Å². The largest absolute Gasteiger partial charge is 0.482 e. The molecule has 0 aliphatic carbocycles. The first-order chi connectivity index (χ1) is 9.47. The molecule has 2 rings (SSSR count). The summed E-state index contributed by atoms with van der Waals surface area (Å²) in [5.74, 6) is -0.927. The molecule has 0 radical (unpaired) electrons. The van der Waals surface area contributed by atoms with E-state index >= 15 is 0 Å². The zero-order valence-corrected chi connectivity index (χ0v) is 13.1. The van der Waals surface area contributed by atoms with Crippen LogP contribution in [0.15, 0.2) is 40.9 Å². The number of carbonyl (C=O) groups excluding carboxylic acids is 1. The number of ether oxygens (including phenoxy) is 1. The molecular weight excluding hydrogens is 370 g/mol. The Labute approximate surface area is 133 Å². The zero-order chi connectivity index (χ0) is 14.7. The van der Waals surface area contributed by atoms with Crippen molar-refractivity contribution in [1.29, 1.82) is 0 Å². The van der Waals surface area contributed by atoms with Gasteiger partial charge in [0.1, 0.15) is 0 Å². The molecule has 2 aromatic carbocycles. The number of Topliss-reactive ketones (excluding diaryl/α,β-unsaturated/α-hetero) is 1. The van der Waals surface area contributed by atoms with Crippen molar-refractivity contribution < 1.29 is 13.9 Å². The van der Waals surface area contributed by atoms with Gasteiger partial charge in [-0.25, -0.2) is 4.39 Å². The van der Waals surface area contributed by atoms with Crippen LogP contribution in [0.5, 0.6) is 5.75 Å². The predicted molar refractivity (Wildman–Crippen MR) is 80.4 cm³/mol. The minimum Gasteiger partial charge on any atom is -0.482 e. The molecule has 0 saturated heterocycles. The van der Waals surface area contributed by atoms with Crippen molar-refractivity contribution in [3.8, 4) is 5.75 Å². The fourth-order valence-electron chi connectivity index (χ4n) is 1.52. The predicted octanol–water partition coefficient (Wildman–Crippen LogP) is 5.16. The molecule has 0 atom stereocenters. The minimum absolute atomic E-state index is 0.000277. The van der Waals surface area contributed by atoms with Crippen LogP contribution in [0.3, 0.4) is 0 Å². The van der Waals surface area contributed by atoms with E-state index in [0.29, 0.717) is 9.50 Å². The van der Waals surface area contributed by atoms with E-state index in [1.165, 1.54) is 24.3 Å². The molecule has 0 aliphatic heterocycles. The highest BCUT2D eigenvalue weighted by molar-refractivity contribution is 9.10. The lowest BCUT2D eigenvalue weighted by atomic mass is 10.1. The SMILES string of the molecule is O=C(COc1ccc(Br)cc1F)c1cc(Cl)ccc1Cl. The second-order valence-corrected chi connectivity index (χ2v) is 5.67. The number of carbonyl (C=O) groups is 1. The van der Waals surface area contributed by atoms with E-state index in [-0.39, 0.29) is 28.7 Å². The molecule has 0 amide bonds. The highest BCUT2D eigenvalue weighted by Crippen LogP contribution is 2.23. The number of benzene rings is 2. The summed E-state index contributed by atoms with van der Waals surface area (Å²) in [5, 5.41) is 0.673. The first-order valence-electron chi connectivity index (χ1n) is 5.53. The average molecular weight is 378 g/mol. The van der Waals surface area contributed by atoms with Crippen LogP contribution in [0.4, 0.5) is 4.39 Å². The molecule has 0 N–H and O–H groups in total. The van der Waals surface area contributed by atoms with Gasteiger partial charge >= 0.3 is 0 Å². The summed E-state index contributed by atoms with van der Waals surface area (Å²) in [7, 11) is 0. The van der Waals surface area contributed by atoms with Crippen molar-refractivity contribution in [2.45, 2.75) is 0 Å². The molecule has 104 valence electrons. The first-order valence-corrected chi connectivity index (χ1v) is 7.08. The van der Waals surface area contributed by atoms with Crippen molar-refractivity contribution in [3.05, 3.63) is 62.3 Å². The van der Waals surface area contributed by atoms with E-state index in [1.54, 1.807) is 12.1 Å². The second-order valence-electron chi connectivity index (χ2n) is 3.91. The molecule has 6 heteroatoms. The maximum absolute atomic E-state index is 13.5. The highest BCUT2D eigenvalue weighted by Gasteiger charge is 2.13. The smallest absolute Gasteiger partial charge is 0.201 e. The Morgan fingerprint density at radius 3 is 2.65 bits per heavy atom. The Morgan fingerprint density at radius 2 is 1.95 bits per heavy atom. The third-order valence-electron chi connectivity index (χ3n) is 2.48. The molecule has 0 heterocycles. The van der Waals surface area contributed by atoms with E-state index < -0.39 is 5.82 Å². The quantitative estimate of drug-likeness (QED) is 0.688.